The van der Waals surface area contributed by atoms with Gasteiger partial charge in [0.1, 0.15) is 6.29 Å². The number of anilines is 3. The van der Waals surface area contributed by atoms with E-state index in [9.17, 15) is 4.79 Å². The molecule has 1 aliphatic heterocycles. The normalized spacial score (nSPS) is 13.9. The van der Waals surface area contributed by atoms with Gasteiger partial charge in [-0.25, -0.2) is 9.97 Å². The SMILES string of the molecule is O=CCc1ccc(-c2ccnc(Nc3ccc(N4CCOCC4)cc3)n2)cc1. The summed E-state index contributed by atoms with van der Waals surface area (Å²) in [7, 11) is 0. The van der Waals surface area contributed by atoms with E-state index in [1.54, 1.807) is 6.20 Å². The Hall–Kier alpha value is -3.25. The Morgan fingerprint density at radius 2 is 1.75 bits per heavy atom. The summed E-state index contributed by atoms with van der Waals surface area (Å²) in [4.78, 5) is 21.9. The topological polar surface area (TPSA) is 67.4 Å². The third-order valence-corrected chi connectivity index (χ3v) is 4.72. The zero-order valence-corrected chi connectivity index (χ0v) is 15.5. The first-order valence-electron chi connectivity index (χ1n) is 9.37. The minimum absolute atomic E-state index is 0.428. The quantitative estimate of drug-likeness (QED) is 0.667. The maximum Gasteiger partial charge on any atom is 0.227 e. The first-order valence-corrected chi connectivity index (χ1v) is 9.37. The predicted octanol–water partition coefficient (Wildman–Crippen LogP) is 3.47. The number of hydrogen-bond donors (Lipinski definition) is 1. The molecule has 0 saturated carbocycles. The summed E-state index contributed by atoms with van der Waals surface area (Å²) in [5.41, 5.74) is 4.95. The van der Waals surface area contributed by atoms with Gasteiger partial charge in [0.2, 0.25) is 5.95 Å². The molecule has 6 heteroatoms. The van der Waals surface area contributed by atoms with E-state index in [0.29, 0.717) is 12.4 Å². The molecule has 0 amide bonds. The molecule has 1 fully saturated rings. The molecule has 0 bridgehead atoms. The van der Waals surface area contributed by atoms with Crippen LogP contribution in [-0.2, 0) is 16.0 Å². The van der Waals surface area contributed by atoms with Gasteiger partial charge in [-0.3, -0.25) is 0 Å². The van der Waals surface area contributed by atoms with Crippen LogP contribution in [0.2, 0.25) is 0 Å². The number of hydrogen-bond acceptors (Lipinski definition) is 6. The van der Waals surface area contributed by atoms with Crippen LogP contribution in [0.3, 0.4) is 0 Å². The molecule has 1 aliphatic rings. The lowest BCUT2D eigenvalue weighted by Crippen LogP contribution is -2.36. The second-order valence-corrected chi connectivity index (χ2v) is 6.60. The van der Waals surface area contributed by atoms with E-state index in [-0.39, 0.29) is 0 Å². The highest BCUT2D eigenvalue weighted by molar-refractivity contribution is 5.64. The molecule has 0 unspecified atom stereocenters. The third kappa shape index (κ3) is 4.35. The van der Waals surface area contributed by atoms with E-state index in [1.165, 1.54) is 5.69 Å². The summed E-state index contributed by atoms with van der Waals surface area (Å²) >= 11 is 0. The first kappa shape index (κ1) is 18.1. The van der Waals surface area contributed by atoms with Crippen molar-refractivity contribution in [1.29, 1.82) is 0 Å². The van der Waals surface area contributed by atoms with E-state index < -0.39 is 0 Å². The number of rotatable bonds is 6. The maximum atomic E-state index is 10.6. The minimum Gasteiger partial charge on any atom is -0.378 e. The minimum atomic E-state index is 0.428. The molecule has 0 spiro atoms. The van der Waals surface area contributed by atoms with E-state index in [4.69, 9.17) is 4.74 Å². The van der Waals surface area contributed by atoms with Crippen LogP contribution in [0, 0.1) is 0 Å². The number of carbonyl (C=O) groups is 1. The molecule has 1 saturated heterocycles. The van der Waals surface area contributed by atoms with Crippen molar-refractivity contribution in [3.05, 3.63) is 66.4 Å². The van der Waals surface area contributed by atoms with Crippen molar-refractivity contribution in [3.8, 4) is 11.3 Å². The van der Waals surface area contributed by atoms with Crippen molar-refractivity contribution in [2.24, 2.45) is 0 Å². The third-order valence-electron chi connectivity index (χ3n) is 4.72. The number of benzene rings is 2. The standard InChI is InChI=1S/C22H22N4O2/c27-14-10-17-1-3-18(4-2-17)21-9-11-23-22(25-21)24-19-5-7-20(8-6-19)26-12-15-28-16-13-26/h1-9,11,14H,10,12-13,15-16H2,(H,23,24,25). The summed E-state index contributed by atoms with van der Waals surface area (Å²) < 4.78 is 5.40. The summed E-state index contributed by atoms with van der Waals surface area (Å²) in [5.74, 6) is 0.550. The van der Waals surface area contributed by atoms with Crippen molar-refractivity contribution in [1.82, 2.24) is 9.97 Å². The number of aldehydes is 1. The molecule has 4 rings (SSSR count). The zero-order chi connectivity index (χ0) is 19.2. The van der Waals surface area contributed by atoms with Crippen molar-refractivity contribution < 1.29 is 9.53 Å². The Kier molecular flexibility index (Phi) is 5.58. The highest BCUT2D eigenvalue weighted by Gasteiger charge is 2.11. The lowest BCUT2D eigenvalue weighted by Gasteiger charge is -2.28. The predicted molar refractivity (Wildman–Crippen MR) is 110 cm³/mol. The molecule has 3 aromatic rings. The van der Waals surface area contributed by atoms with E-state index >= 15 is 0 Å². The summed E-state index contributed by atoms with van der Waals surface area (Å²) in [6.07, 6.45) is 3.08. The number of nitrogens with one attached hydrogen (secondary N) is 1. The van der Waals surface area contributed by atoms with Gasteiger partial charge in [-0.15, -0.1) is 0 Å². The highest BCUT2D eigenvalue weighted by atomic mass is 16.5. The van der Waals surface area contributed by atoms with Crippen molar-refractivity contribution in [3.63, 3.8) is 0 Å². The van der Waals surface area contributed by atoms with Crippen molar-refractivity contribution in [2.75, 3.05) is 36.5 Å². The fourth-order valence-corrected chi connectivity index (χ4v) is 3.19. The Labute approximate surface area is 164 Å². The van der Waals surface area contributed by atoms with Crippen molar-refractivity contribution >= 4 is 23.6 Å². The van der Waals surface area contributed by atoms with Gasteiger partial charge in [0, 0.05) is 42.6 Å². The molecule has 1 N–H and O–H groups in total. The van der Waals surface area contributed by atoms with Crippen LogP contribution >= 0.6 is 0 Å². The van der Waals surface area contributed by atoms with Gasteiger partial charge in [0.05, 0.1) is 18.9 Å². The van der Waals surface area contributed by atoms with Crippen LogP contribution in [0.25, 0.3) is 11.3 Å². The Bertz CT molecular complexity index is 920. The smallest absolute Gasteiger partial charge is 0.227 e. The van der Waals surface area contributed by atoms with E-state index in [1.807, 2.05) is 42.5 Å². The second kappa shape index (κ2) is 8.63. The lowest BCUT2D eigenvalue weighted by molar-refractivity contribution is -0.107. The van der Waals surface area contributed by atoms with E-state index in [0.717, 1.165) is 55.1 Å². The van der Waals surface area contributed by atoms with Crippen molar-refractivity contribution in [2.45, 2.75) is 6.42 Å². The summed E-state index contributed by atoms with van der Waals surface area (Å²) in [5, 5.41) is 3.26. The molecule has 2 heterocycles. The highest BCUT2D eigenvalue weighted by Crippen LogP contribution is 2.22. The lowest BCUT2D eigenvalue weighted by atomic mass is 10.1. The molecular formula is C22H22N4O2. The molecule has 28 heavy (non-hydrogen) atoms. The molecule has 142 valence electrons. The van der Waals surface area contributed by atoms with Crippen LogP contribution < -0.4 is 10.2 Å². The average Bonchev–Trinajstić information content (AvgIpc) is 2.76. The average molecular weight is 374 g/mol. The van der Waals surface area contributed by atoms with Crippen LogP contribution in [-0.4, -0.2) is 42.6 Å². The van der Waals surface area contributed by atoms with Gasteiger partial charge in [-0.2, -0.15) is 0 Å². The second-order valence-electron chi connectivity index (χ2n) is 6.60. The number of carbonyl (C=O) groups excluding carboxylic acids is 1. The number of morpholine rings is 1. The van der Waals surface area contributed by atoms with Crippen LogP contribution in [0.15, 0.2) is 60.8 Å². The molecule has 0 aliphatic carbocycles. The maximum absolute atomic E-state index is 10.6. The number of aromatic nitrogens is 2. The molecule has 0 atom stereocenters. The Balaban J connectivity index is 1.46. The Morgan fingerprint density at radius 1 is 1.00 bits per heavy atom. The zero-order valence-electron chi connectivity index (χ0n) is 15.5. The largest absolute Gasteiger partial charge is 0.378 e. The number of nitrogens with zero attached hydrogens (tertiary/aromatic N) is 3. The van der Waals surface area contributed by atoms with Gasteiger partial charge in [0.15, 0.2) is 0 Å². The Morgan fingerprint density at radius 3 is 2.46 bits per heavy atom. The number of ether oxygens (including phenoxy) is 1. The van der Waals surface area contributed by atoms with Gasteiger partial charge in [-0.05, 0) is 35.9 Å². The first-order chi connectivity index (χ1) is 13.8. The summed E-state index contributed by atoms with van der Waals surface area (Å²) in [6, 6.07) is 18.0. The molecule has 6 nitrogen and oxygen atoms in total. The molecule has 2 aromatic carbocycles. The van der Waals surface area contributed by atoms with Gasteiger partial charge >= 0.3 is 0 Å². The van der Waals surface area contributed by atoms with E-state index in [2.05, 4.69) is 32.3 Å². The van der Waals surface area contributed by atoms with Gasteiger partial charge in [-0.1, -0.05) is 24.3 Å². The molecule has 0 radical (unpaired) electrons. The fraction of sp³-hybridized carbons (Fsp3) is 0.227. The van der Waals surface area contributed by atoms with Crippen LogP contribution in [0.4, 0.5) is 17.3 Å². The monoisotopic (exact) mass is 374 g/mol. The van der Waals surface area contributed by atoms with Crippen LogP contribution in [0.1, 0.15) is 5.56 Å². The molecular weight excluding hydrogens is 352 g/mol. The fourth-order valence-electron chi connectivity index (χ4n) is 3.19. The van der Waals surface area contributed by atoms with Crippen LogP contribution in [0.5, 0.6) is 0 Å². The van der Waals surface area contributed by atoms with Gasteiger partial charge in [0.25, 0.3) is 0 Å². The molecule has 1 aromatic heterocycles. The van der Waals surface area contributed by atoms with Gasteiger partial charge < -0.3 is 19.7 Å². The summed E-state index contributed by atoms with van der Waals surface area (Å²) in [6.45, 7) is 3.39.